The van der Waals surface area contributed by atoms with Gasteiger partial charge in [0.1, 0.15) is 5.75 Å². The number of amides is 1. The van der Waals surface area contributed by atoms with Gasteiger partial charge in [0.2, 0.25) is 0 Å². The van der Waals surface area contributed by atoms with Crippen molar-refractivity contribution in [2.24, 2.45) is 4.99 Å². The van der Waals surface area contributed by atoms with E-state index in [1.54, 1.807) is 18.2 Å². The lowest BCUT2D eigenvalue weighted by atomic mass is 10.1. The zero-order valence-electron chi connectivity index (χ0n) is 13.1. The highest BCUT2D eigenvalue weighted by Crippen LogP contribution is 2.31. The summed E-state index contributed by atoms with van der Waals surface area (Å²) in [4.78, 5) is 23.1. The van der Waals surface area contributed by atoms with Crippen LogP contribution in [0.3, 0.4) is 0 Å². The van der Waals surface area contributed by atoms with E-state index in [-0.39, 0.29) is 11.7 Å². The lowest BCUT2D eigenvalue weighted by Crippen LogP contribution is -1.93. The third-order valence-electron chi connectivity index (χ3n) is 4.55. The van der Waals surface area contributed by atoms with Crippen molar-refractivity contribution < 1.29 is 9.90 Å². The number of rotatable bonds is 2. The molecule has 5 heteroatoms. The first-order valence-electron chi connectivity index (χ1n) is 7.92. The third kappa shape index (κ3) is 2.03. The second kappa shape index (κ2) is 4.95. The van der Waals surface area contributed by atoms with Crippen LogP contribution >= 0.6 is 0 Å². The van der Waals surface area contributed by atoms with Gasteiger partial charge in [0.05, 0.1) is 11.3 Å². The zero-order valence-corrected chi connectivity index (χ0v) is 13.1. The molecule has 3 heterocycles. The summed E-state index contributed by atoms with van der Waals surface area (Å²) in [5, 5.41) is 11.6. The Kier molecular flexibility index (Phi) is 2.73. The number of phenols is 1. The maximum absolute atomic E-state index is 12.5. The number of aromatic amines is 2. The number of phenolic OH excluding ortho intramolecular Hbond substituents is 1. The number of H-pyrrole nitrogens is 2. The highest BCUT2D eigenvalue weighted by molar-refractivity contribution is 6.38. The number of carbonyl (C=O) groups excluding carboxylic acids is 1. The number of fused-ring (bicyclic) bond motifs is 2. The van der Waals surface area contributed by atoms with Crippen LogP contribution in [0.5, 0.6) is 5.75 Å². The number of allylic oxidation sites excluding steroid dienone is 1. The van der Waals surface area contributed by atoms with E-state index in [1.165, 1.54) is 0 Å². The van der Waals surface area contributed by atoms with Crippen LogP contribution < -0.4 is 0 Å². The minimum atomic E-state index is -0.255. The molecule has 0 spiro atoms. The lowest BCUT2D eigenvalue weighted by molar-refractivity contribution is -0.112. The first-order chi connectivity index (χ1) is 12.2. The molecule has 2 aromatic carbocycles. The van der Waals surface area contributed by atoms with E-state index in [9.17, 15) is 9.90 Å². The molecular weight excluding hydrogens is 316 g/mol. The normalized spacial score (nSPS) is 14.3. The molecule has 2 aromatic heterocycles. The molecule has 0 saturated carbocycles. The molecule has 3 N–H and O–H groups in total. The van der Waals surface area contributed by atoms with Gasteiger partial charge in [-0.3, -0.25) is 4.79 Å². The molecule has 0 fully saturated rings. The molecule has 0 aliphatic carbocycles. The summed E-state index contributed by atoms with van der Waals surface area (Å²) in [6, 6.07) is 13.0. The van der Waals surface area contributed by atoms with Gasteiger partial charge in [0, 0.05) is 45.3 Å². The zero-order chi connectivity index (χ0) is 17.0. The van der Waals surface area contributed by atoms with Crippen LogP contribution in [-0.2, 0) is 4.79 Å². The van der Waals surface area contributed by atoms with Crippen molar-refractivity contribution in [1.29, 1.82) is 0 Å². The molecule has 4 aromatic rings. The van der Waals surface area contributed by atoms with E-state index in [0.717, 1.165) is 32.9 Å². The molecule has 5 nitrogen and oxygen atoms in total. The van der Waals surface area contributed by atoms with Gasteiger partial charge in [-0.1, -0.05) is 18.2 Å². The lowest BCUT2D eigenvalue weighted by Gasteiger charge is -1.97. The van der Waals surface area contributed by atoms with Crippen LogP contribution in [0.2, 0.25) is 0 Å². The Morgan fingerprint density at radius 3 is 2.52 bits per heavy atom. The predicted molar refractivity (Wildman–Crippen MR) is 97.8 cm³/mol. The SMILES string of the molecule is O=[12C]1N=[12C](c2c[nH]c3ccc(O)cc23)[13CH]=[13C]1c1c[nH]c2ccccc12. The molecule has 25 heavy (non-hydrogen) atoms. The second-order valence-corrected chi connectivity index (χ2v) is 6.04. The number of nitrogens with zero attached hydrogens (tertiary/aromatic N) is 1. The fraction of sp³-hybridized carbons (Fsp3) is 0. The number of aliphatic imine (C=N–C) groups is 1. The molecule has 1 amide bonds. The minimum Gasteiger partial charge on any atom is -0.508 e. The van der Waals surface area contributed by atoms with Gasteiger partial charge in [0.15, 0.2) is 0 Å². The Morgan fingerprint density at radius 2 is 1.64 bits per heavy atom. The topological polar surface area (TPSA) is 81.2 Å². The minimum absolute atomic E-state index is 0.180. The number of hydrogen-bond acceptors (Lipinski definition) is 2. The second-order valence-electron chi connectivity index (χ2n) is 6.04. The van der Waals surface area contributed by atoms with Gasteiger partial charge in [0.25, 0.3) is 5.91 Å². The predicted octanol–water partition coefficient (Wildman–Crippen LogP) is 3.77. The van der Waals surface area contributed by atoms with Crippen molar-refractivity contribution in [3.05, 3.63) is 72.1 Å². The maximum atomic E-state index is 12.5. The smallest absolute Gasteiger partial charge is 0.278 e. The average Bonchev–Trinajstić information content (AvgIpc) is 3.30. The van der Waals surface area contributed by atoms with E-state index >= 15 is 0 Å². The highest BCUT2D eigenvalue weighted by Gasteiger charge is 2.24. The van der Waals surface area contributed by atoms with Crippen molar-refractivity contribution in [3.8, 4) is 5.75 Å². The van der Waals surface area contributed by atoms with Crippen LogP contribution in [-0.4, -0.2) is 26.7 Å². The first-order valence-corrected chi connectivity index (χ1v) is 7.92. The number of aromatic hydroxyl groups is 1. The Balaban J connectivity index is 1.65. The fourth-order valence-electron chi connectivity index (χ4n) is 3.35. The van der Waals surface area contributed by atoms with Gasteiger partial charge >= 0.3 is 0 Å². The Morgan fingerprint density at radius 1 is 0.880 bits per heavy atom. The summed E-state index contributed by atoms with van der Waals surface area (Å²) in [7, 11) is 0. The van der Waals surface area contributed by atoms with E-state index in [1.807, 2.05) is 42.7 Å². The third-order valence-corrected chi connectivity index (χ3v) is 4.55. The number of para-hydroxylation sites is 1. The molecule has 0 bridgehead atoms. The van der Waals surface area contributed by atoms with Crippen molar-refractivity contribution in [2.75, 3.05) is 0 Å². The number of benzene rings is 2. The molecule has 5 rings (SSSR count). The van der Waals surface area contributed by atoms with E-state index in [2.05, 4.69) is 15.0 Å². The van der Waals surface area contributed by atoms with E-state index < -0.39 is 0 Å². The Bertz CT molecular complexity index is 1220. The Labute approximate surface area is 142 Å². The van der Waals surface area contributed by atoms with Crippen LogP contribution in [0.4, 0.5) is 0 Å². The first kappa shape index (κ1) is 13.8. The number of nitrogens with one attached hydrogen (secondary N) is 2. The standard InChI is InChI=1S/C20H13N3O2/c24-11-5-6-18-13(7-11)16(10-22-18)19-8-14(20(25)23-19)15-9-21-17-4-2-1-3-12(15)17/h1-10,21-22,24H/i8+1,14+1,19+0,20+0. The summed E-state index contributed by atoms with van der Waals surface area (Å²) in [5.41, 5.74) is 4.69. The van der Waals surface area contributed by atoms with Gasteiger partial charge in [-0.15, -0.1) is 0 Å². The largest absolute Gasteiger partial charge is 0.508 e. The average molecular weight is 329 g/mol. The van der Waals surface area contributed by atoms with Gasteiger partial charge in [-0.05, 0) is 30.3 Å². The van der Waals surface area contributed by atoms with Crippen molar-refractivity contribution in [2.45, 2.75) is 0 Å². The molecule has 1 aliphatic heterocycles. The summed E-state index contributed by atoms with van der Waals surface area (Å²) >= 11 is 0. The monoisotopic (exact) mass is 329 g/mol. The van der Waals surface area contributed by atoms with E-state index in [4.69, 9.17) is 0 Å². The quantitative estimate of drug-likeness (QED) is 0.489. The molecule has 0 radical (unpaired) electrons. The van der Waals surface area contributed by atoms with Crippen LogP contribution in [0, 0.1) is 0 Å². The molecule has 120 valence electrons. The summed E-state index contributed by atoms with van der Waals surface area (Å²) in [6.45, 7) is 0. The summed E-state index contributed by atoms with van der Waals surface area (Å²) in [6.07, 6.45) is 5.46. The number of carbonyl (C=O) groups is 1. The summed E-state index contributed by atoms with van der Waals surface area (Å²) < 4.78 is 0. The van der Waals surface area contributed by atoms with Crippen LogP contribution in [0.15, 0.2) is 65.9 Å². The fourth-order valence-corrected chi connectivity index (χ4v) is 3.35. The van der Waals surface area contributed by atoms with Crippen molar-refractivity contribution in [3.63, 3.8) is 0 Å². The Hall–Kier alpha value is -3.60. The van der Waals surface area contributed by atoms with Crippen LogP contribution in [0.1, 0.15) is 11.1 Å². The molecule has 0 unspecified atom stereocenters. The summed E-state index contributed by atoms with van der Waals surface area (Å²) in [5.74, 6) is -0.0756. The van der Waals surface area contributed by atoms with Crippen LogP contribution in [0.25, 0.3) is 27.4 Å². The highest BCUT2D eigenvalue weighted by atomic mass is 16.3. The number of hydrogen-bond donors (Lipinski definition) is 3. The molecule has 0 atom stereocenters. The maximum Gasteiger partial charge on any atom is 0.278 e. The number of aromatic nitrogens is 2. The molecule has 0 saturated heterocycles. The molecule has 1 aliphatic rings. The molecular formula is C20H13N3O2. The van der Waals surface area contributed by atoms with E-state index in [0.29, 0.717) is 11.3 Å². The van der Waals surface area contributed by atoms with Gasteiger partial charge in [-0.2, -0.15) is 0 Å². The van der Waals surface area contributed by atoms with Crippen molar-refractivity contribution in [1.82, 2.24) is 9.97 Å². The van der Waals surface area contributed by atoms with Gasteiger partial charge in [-0.25, -0.2) is 4.99 Å². The van der Waals surface area contributed by atoms with Crippen molar-refractivity contribution >= 4 is 39.0 Å². The van der Waals surface area contributed by atoms with Gasteiger partial charge < -0.3 is 15.1 Å².